The van der Waals surface area contributed by atoms with Crippen LogP contribution in [0.5, 0.6) is 0 Å². The highest BCUT2D eigenvalue weighted by Crippen LogP contribution is 2.26. The zero-order valence-electron chi connectivity index (χ0n) is 14.3. The Kier molecular flexibility index (Phi) is 7.30. The number of urea groups is 1. The fourth-order valence-electron chi connectivity index (χ4n) is 2.15. The van der Waals surface area contributed by atoms with Crippen molar-refractivity contribution in [3.8, 4) is 0 Å². The van der Waals surface area contributed by atoms with Gasteiger partial charge >= 0.3 is 23.9 Å². The minimum Gasteiger partial charge on any atom is -0.463 e. The molecular weight excluding hydrogens is 338 g/mol. The first-order valence-electron chi connectivity index (χ1n) is 7.34. The van der Waals surface area contributed by atoms with E-state index >= 15 is 0 Å². The SMILES string of the molecule is CC(=O)OC[C@H]1O[C@H](NC(=O)N=C(C)N)C(OC(C)=O)[C@H]1OC(C)=O. The second-order valence-corrected chi connectivity index (χ2v) is 5.25. The first kappa shape index (κ1) is 20.4. The third-order valence-corrected chi connectivity index (χ3v) is 2.91. The highest BCUT2D eigenvalue weighted by molar-refractivity contribution is 5.91. The van der Waals surface area contributed by atoms with E-state index in [1.807, 2.05) is 0 Å². The Morgan fingerprint density at radius 2 is 1.56 bits per heavy atom. The molecular formula is C14H21N3O8. The van der Waals surface area contributed by atoms with Gasteiger partial charge in [0.1, 0.15) is 18.5 Å². The Morgan fingerprint density at radius 1 is 1.00 bits per heavy atom. The molecule has 0 aromatic carbocycles. The van der Waals surface area contributed by atoms with Crippen LogP contribution in [0.2, 0.25) is 0 Å². The van der Waals surface area contributed by atoms with Crippen LogP contribution in [-0.4, -0.2) is 60.9 Å². The first-order valence-corrected chi connectivity index (χ1v) is 7.34. The summed E-state index contributed by atoms with van der Waals surface area (Å²) in [6.45, 7) is 4.63. The molecule has 1 aliphatic heterocycles. The summed E-state index contributed by atoms with van der Waals surface area (Å²) in [6, 6.07) is -0.836. The Balaban J connectivity index is 3.00. The number of amides is 2. The molecule has 0 spiro atoms. The summed E-state index contributed by atoms with van der Waals surface area (Å²) in [6.07, 6.45) is -4.37. The minimum atomic E-state index is -1.18. The Labute approximate surface area is 143 Å². The zero-order chi connectivity index (χ0) is 19.1. The summed E-state index contributed by atoms with van der Waals surface area (Å²) < 4.78 is 20.6. The van der Waals surface area contributed by atoms with Crippen LogP contribution in [0.25, 0.3) is 0 Å². The van der Waals surface area contributed by atoms with E-state index in [0.29, 0.717) is 0 Å². The minimum absolute atomic E-state index is 0.00697. The van der Waals surface area contributed by atoms with Crippen molar-refractivity contribution in [2.75, 3.05) is 6.61 Å². The Hall–Kier alpha value is -2.69. The number of carbonyl (C=O) groups excluding carboxylic acids is 4. The number of aliphatic imine (C=N–C) groups is 1. The molecule has 1 rings (SSSR count). The summed E-state index contributed by atoms with van der Waals surface area (Å²) in [4.78, 5) is 48.9. The molecule has 0 saturated carbocycles. The van der Waals surface area contributed by atoms with Crippen LogP contribution in [0, 0.1) is 0 Å². The molecule has 0 bridgehead atoms. The van der Waals surface area contributed by atoms with E-state index in [9.17, 15) is 19.2 Å². The third kappa shape index (κ3) is 6.75. The van der Waals surface area contributed by atoms with Crippen molar-refractivity contribution in [3.63, 3.8) is 0 Å². The number of hydrogen-bond acceptors (Lipinski definition) is 8. The monoisotopic (exact) mass is 359 g/mol. The van der Waals surface area contributed by atoms with Gasteiger partial charge in [0.25, 0.3) is 0 Å². The Bertz CT molecular complexity index is 572. The van der Waals surface area contributed by atoms with Crippen LogP contribution in [0.1, 0.15) is 27.7 Å². The number of ether oxygens (including phenoxy) is 4. The number of nitrogens with zero attached hydrogens (tertiary/aromatic N) is 1. The first-order chi connectivity index (χ1) is 11.6. The third-order valence-electron chi connectivity index (χ3n) is 2.91. The van der Waals surface area contributed by atoms with Crippen LogP contribution in [-0.2, 0) is 33.3 Å². The summed E-state index contributed by atoms with van der Waals surface area (Å²) in [5.74, 6) is -1.92. The second-order valence-electron chi connectivity index (χ2n) is 5.25. The standard InChI is InChI=1S/C14H21N3O8/c1-6(15)16-14(21)17-13-12(24-9(4)20)11(23-8(3)19)10(25-13)5-22-7(2)18/h10-13H,5H2,1-4H3,(H3,15,16,17,21)/t10-,11+,12?,13+/m1/s1. The average molecular weight is 359 g/mol. The maximum Gasteiger partial charge on any atom is 0.344 e. The number of amidine groups is 1. The van der Waals surface area contributed by atoms with Crippen molar-refractivity contribution in [2.24, 2.45) is 10.7 Å². The Morgan fingerprint density at radius 3 is 2.04 bits per heavy atom. The molecule has 1 unspecified atom stereocenters. The number of hydrogen-bond donors (Lipinski definition) is 2. The number of nitrogens with one attached hydrogen (secondary N) is 1. The molecule has 4 atom stereocenters. The quantitative estimate of drug-likeness (QED) is 0.278. The lowest BCUT2D eigenvalue weighted by molar-refractivity contribution is -0.165. The lowest BCUT2D eigenvalue weighted by Crippen LogP contribution is -2.46. The molecule has 2 amide bonds. The molecule has 1 heterocycles. The van der Waals surface area contributed by atoms with Crippen LogP contribution in [0.3, 0.4) is 0 Å². The van der Waals surface area contributed by atoms with Gasteiger partial charge in [-0.15, -0.1) is 0 Å². The molecule has 0 aromatic heterocycles. The number of rotatable bonds is 5. The van der Waals surface area contributed by atoms with Gasteiger partial charge in [-0.25, -0.2) is 4.79 Å². The smallest absolute Gasteiger partial charge is 0.344 e. The fourth-order valence-corrected chi connectivity index (χ4v) is 2.15. The molecule has 25 heavy (non-hydrogen) atoms. The van der Waals surface area contributed by atoms with Gasteiger partial charge in [0.2, 0.25) is 0 Å². The maximum atomic E-state index is 11.8. The molecule has 140 valence electrons. The lowest BCUT2D eigenvalue weighted by Gasteiger charge is -2.23. The van der Waals surface area contributed by atoms with Gasteiger partial charge in [-0.3, -0.25) is 14.4 Å². The van der Waals surface area contributed by atoms with Gasteiger partial charge in [-0.2, -0.15) is 4.99 Å². The predicted octanol–water partition coefficient (Wildman–Crippen LogP) is -0.775. The van der Waals surface area contributed by atoms with E-state index in [2.05, 4.69) is 10.3 Å². The van der Waals surface area contributed by atoms with Gasteiger partial charge in [-0.05, 0) is 6.92 Å². The summed E-state index contributed by atoms with van der Waals surface area (Å²) in [5.41, 5.74) is 5.32. The van der Waals surface area contributed by atoms with Crippen LogP contribution < -0.4 is 11.1 Å². The fraction of sp³-hybridized carbons (Fsp3) is 0.643. The largest absolute Gasteiger partial charge is 0.463 e. The van der Waals surface area contributed by atoms with Crippen molar-refractivity contribution in [3.05, 3.63) is 0 Å². The van der Waals surface area contributed by atoms with Crippen molar-refractivity contribution in [1.82, 2.24) is 5.32 Å². The molecule has 0 radical (unpaired) electrons. The summed E-state index contributed by atoms with van der Waals surface area (Å²) in [5, 5.41) is 2.35. The zero-order valence-corrected chi connectivity index (χ0v) is 14.3. The topological polar surface area (TPSA) is 156 Å². The van der Waals surface area contributed by atoms with Gasteiger partial charge < -0.3 is 30.0 Å². The van der Waals surface area contributed by atoms with E-state index in [1.54, 1.807) is 0 Å². The van der Waals surface area contributed by atoms with E-state index in [1.165, 1.54) is 13.8 Å². The second kappa shape index (κ2) is 8.97. The molecule has 0 aliphatic carbocycles. The van der Waals surface area contributed by atoms with Crippen molar-refractivity contribution in [2.45, 2.75) is 52.2 Å². The van der Waals surface area contributed by atoms with Crippen LogP contribution in [0.15, 0.2) is 4.99 Å². The van der Waals surface area contributed by atoms with E-state index in [4.69, 9.17) is 24.7 Å². The predicted molar refractivity (Wildman–Crippen MR) is 82.2 cm³/mol. The maximum absolute atomic E-state index is 11.8. The molecule has 11 nitrogen and oxygen atoms in total. The summed E-state index contributed by atoms with van der Waals surface area (Å²) >= 11 is 0. The van der Waals surface area contributed by atoms with Crippen LogP contribution in [0.4, 0.5) is 4.79 Å². The van der Waals surface area contributed by atoms with E-state index in [0.717, 1.165) is 13.8 Å². The average Bonchev–Trinajstić information content (AvgIpc) is 2.72. The van der Waals surface area contributed by atoms with Crippen LogP contribution >= 0.6 is 0 Å². The van der Waals surface area contributed by atoms with Crippen molar-refractivity contribution in [1.29, 1.82) is 0 Å². The molecule has 3 N–H and O–H groups in total. The normalized spacial score (nSPS) is 25.8. The van der Waals surface area contributed by atoms with Crippen molar-refractivity contribution < 1.29 is 38.1 Å². The molecule has 1 fully saturated rings. The summed E-state index contributed by atoms with van der Waals surface area (Å²) in [7, 11) is 0. The highest BCUT2D eigenvalue weighted by Gasteiger charge is 2.50. The molecule has 1 aliphatic rings. The number of nitrogens with two attached hydrogens (primary N) is 1. The van der Waals surface area contributed by atoms with Crippen molar-refractivity contribution >= 4 is 29.8 Å². The molecule has 0 aromatic rings. The number of esters is 3. The van der Waals surface area contributed by atoms with Gasteiger partial charge in [0.05, 0.1) is 0 Å². The van der Waals surface area contributed by atoms with Gasteiger partial charge in [-0.1, -0.05) is 0 Å². The number of carbonyl (C=O) groups is 4. The lowest BCUT2D eigenvalue weighted by atomic mass is 10.1. The highest BCUT2D eigenvalue weighted by atomic mass is 16.7. The molecule has 11 heteroatoms. The van der Waals surface area contributed by atoms with Gasteiger partial charge in [0.15, 0.2) is 18.4 Å². The van der Waals surface area contributed by atoms with Gasteiger partial charge in [0, 0.05) is 20.8 Å². The van der Waals surface area contributed by atoms with E-state index < -0.39 is 48.5 Å². The van der Waals surface area contributed by atoms with E-state index in [-0.39, 0.29) is 12.4 Å². The molecule has 1 saturated heterocycles.